The Morgan fingerprint density at radius 3 is 2.37 bits per heavy atom. The van der Waals surface area contributed by atoms with Gasteiger partial charge in [0.1, 0.15) is 0 Å². The van der Waals surface area contributed by atoms with E-state index in [1.807, 2.05) is 31.2 Å². The molecule has 0 radical (unpaired) electrons. The molecule has 2 aromatic rings. The van der Waals surface area contributed by atoms with Crippen LogP contribution in [-0.2, 0) is 14.8 Å². The van der Waals surface area contributed by atoms with E-state index in [2.05, 4.69) is 0 Å². The first-order valence-corrected chi connectivity index (χ1v) is 10.6. The highest BCUT2D eigenvalue weighted by Gasteiger charge is 2.42. The fourth-order valence-electron chi connectivity index (χ4n) is 3.47. The van der Waals surface area contributed by atoms with Crippen molar-refractivity contribution in [2.45, 2.75) is 25.4 Å². The molecule has 5 nitrogen and oxygen atoms in total. The Hall–Kier alpha value is -2.15. The minimum Gasteiger partial charge on any atom is -0.478 e. The molecule has 2 atom stereocenters. The normalized spacial score (nSPS) is 20.9. The maximum absolute atomic E-state index is 12.7. The van der Waals surface area contributed by atoms with Gasteiger partial charge in [0.2, 0.25) is 10.0 Å². The Morgan fingerprint density at radius 1 is 1.15 bits per heavy atom. The van der Waals surface area contributed by atoms with E-state index < -0.39 is 28.1 Å². The zero-order valence-corrected chi connectivity index (χ0v) is 16.5. The minimum atomic E-state index is -3.72. The zero-order chi connectivity index (χ0) is 19.8. The van der Waals surface area contributed by atoms with Gasteiger partial charge in [0.05, 0.1) is 23.9 Å². The van der Waals surface area contributed by atoms with Crippen LogP contribution in [0.5, 0.6) is 0 Å². The van der Waals surface area contributed by atoms with E-state index in [1.165, 1.54) is 4.31 Å². The van der Waals surface area contributed by atoms with Crippen molar-refractivity contribution in [3.8, 4) is 0 Å². The lowest BCUT2D eigenvalue weighted by Crippen LogP contribution is -2.41. The summed E-state index contributed by atoms with van der Waals surface area (Å²) < 4.78 is 26.8. The summed E-state index contributed by atoms with van der Waals surface area (Å²) in [7, 11) is -3.72. The van der Waals surface area contributed by atoms with E-state index in [-0.39, 0.29) is 12.0 Å². The number of aliphatic carboxylic acids is 1. The van der Waals surface area contributed by atoms with Gasteiger partial charge in [-0.3, -0.25) is 0 Å². The summed E-state index contributed by atoms with van der Waals surface area (Å²) in [5.74, 6) is -1.14. The molecule has 0 unspecified atom stereocenters. The first kappa shape index (κ1) is 19.6. The quantitative estimate of drug-likeness (QED) is 0.830. The van der Waals surface area contributed by atoms with Crippen molar-refractivity contribution in [1.29, 1.82) is 0 Å². The van der Waals surface area contributed by atoms with Gasteiger partial charge < -0.3 is 5.11 Å². The van der Waals surface area contributed by atoms with Crippen LogP contribution < -0.4 is 0 Å². The molecule has 0 aromatic heterocycles. The van der Waals surface area contributed by atoms with Crippen LogP contribution in [0.2, 0.25) is 5.02 Å². The van der Waals surface area contributed by atoms with Crippen LogP contribution in [0.15, 0.2) is 60.2 Å². The summed E-state index contributed by atoms with van der Waals surface area (Å²) in [6, 6.07) is 12.8. The van der Waals surface area contributed by atoms with Crippen molar-refractivity contribution in [1.82, 2.24) is 4.31 Å². The molecular weight excluding hydrogens is 386 g/mol. The average molecular weight is 406 g/mol. The molecule has 0 bridgehead atoms. The second kappa shape index (κ2) is 7.46. The molecule has 27 heavy (non-hydrogen) atoms. The maximum atomic E-state index is 12.7. The standard InChI is InChI=1S/C20H20ClNO4S/c1-13-6-8-14(9-7-13)18-11-10-17(20(23)24)19(22(18)27(2,25)26)15-4-3-5-16(21)12-15/h3-10,12,18-19H,11H2,1-2H3,(H,23,24)/t18-,19-/m0/s1. The van der Waals surface area contributed by atoms with Gasteiger partial charge in [-0.1, -0.05) is 59.6 Å². The maximum Gasteiger partial charge on any atom is 0.333 e. The van der Waals surface area contributed by atoms with E-state index in [4.69, 9.17) is 11.6 Å². The number of benzene rings is 2. The summed E-state index contributed by atoms with van der Waals surface area (Å²) in [6.07, 6.45) is 3.01. The fraction of sp³-hybridized carbons (Fsp3) is 0.250. The van der Waals surface area contributed by atoms with Crippen molar-refractivity contribution in [2.75, 3.05) is 6.26 Å². The molecule has 0 fully saturated rings. The number of carboxylic acid groups (broad SMARTS) is 1. The van der Waals surface area contributed by atoms with Crippen LogP contribution >= 0.6 is 11.6 Å². The van der Waals surface area contributed by atoms with Crippen LogP contribution in [-0.4, -0.2) is 30.1 Å². The number of rotatable bonds is 4. The van der Waals surface area contributed by atoms with Crippen molar-refractivity contribution >= 4 is 27.6 Å². The van der Waals surface area contributed by atoms with Crippen LogP contribution in [0.1, 0.15) is 35.2 Å². The highest BCUT2D eigenvalue weighted by Crippen LogP contribution is 2.44. The van der Waals surface area contributed by atoms with Gasteiger partial charge in [0.25, 0.3) is 0 Å². The molecule has 1 heterocycles. The first-order chi connectivity index (χ1) is 12.7. The Kier molecular flexibility index (Phi) is 5.42. The lowest BCUT2D eigenvalue weighted by molar-refractivity contribution is -0.133. The van der Waals surface area contributed by atoms with E-state index in [0.717, 1.165) is 17.4 Å². The van der Waals surface area contributed by atoms with E-state index in [9.17, 15) is 18.3 Å². The van der Waals surface area contributed by atoms with Gasteiger partial charge in [-0.25, -0.2) is 13.2 Å². The lowest BCUT2D eigenvalue weighted by atomic mass is 9.89. The molecule has 0 spiro atoms. The van der Waals surface area contributed by atoms with Gasteiger partial charge in [0.15, 0.2) is 0 Å². The minimum absolute atomic E-state index is 0.0334. The number of carbonyl (C=O) groups is 1. The lowest BCUT2D eigenvalue weighted by Gasteiger charge is -2.40. The van der Waals surface area contributed by atoms with Gasteiger partial charge in [-0.2, -0.15) is 4.31 Å². The third-order valence-electron chi connectivity index (χ3n) is 4.67. The van der Waals surface area contributed by atoms with E-state index in [1.54, 1.807) is 30.3 Å². The van der Waals surface area contributed by atoms with Crippen molar-refractivity contribution in [2.24, 2.45) is 0 Å². The predicted molar refractivity (Wildman–Crippen MR) is 105 cm³/mol. The fourth-order valence-corrected chi connectivity index (χ4v) is 4.96. The summed E-state index contributed by atoms with van der Waals surface area (Å²) in [5, 5.41) is 10.1. The first-order valence-electron chi connectivity index (χ1n) is 8.42. The Labute approximate surface area is 163 Å². The largest absolute Gasteiger partial charge is 0.478 e. The average Bonchev–Trinajstić information content (AvgIpc) is 2.60. The van der Waals surface area contributed by atoms with E-state index in [0.29, 0.717) is 10.6 Å². The number of hydrogen-bond donors (Lipinski definition) is 1. The van der Waals surface area contributed by atoms with Crippen molar-refractivity contribution in [3.05, 3.63) is 81.9 Å². The molecular formula is C20H20ClNO4S. The molecule has 3 rings (SSSR count). The third kappa shape index (κ3) is 4.08. The number of nitrogens with zero attached hydrogens (tertiary/aromatic N) is 1. The summed E-state index contributed by atoms with van der Waals surface area (Å²) >= 11 is 6.09. The van der Waals surface area contributed by atoms with Crippen molar-refractivity contribution in [3.63, 3.8) is 0 Å². The van der Waals surface area contributed by atoms with Gasteiger partial charge in [-0.15, -0.1) is 0 Å². The number of halogens is 1. The molecule has 1 aliphatic rings. The van der Waals surface area contributed by atoms with Gasteiger partial charge >= 0.3 is 5.97 Å². The highest BCUT2D eigenvalue weighted by atomic mass is 35.5. The van der Waals surface area contributed by atoms with Gasteiger partial charge in [-0.05, 0) is 36.6 Å². The number of aryl methyl sites for hydroxylation is 1. The highest BCUT2D eigenvalue weighted by molar-refractivity contribution is 7.88. The van der Waals surface area contributed by atoms with Crippen LogP contribution in [0, 0.1) is 6.92 Å². The second-order valence-electron chi connectivity index (χ2n) is 6.68. The van der Waals surface area contributed by atoms with Crippen molar-refractivity contribution < 1.29 is 18.3 Å². The molecule has 0 saturated heterocycles. The predicted octanol–water partition coefficient (Wildman–Crippen LogP) is 4.11. The van der Waals surface area contributed by atoms with Crippen LogP contribution in [0.4, 0.5) is 0 Å². The molecule has 0 amide bonds. The van der Waals surface area contributed by atoms with Gasteiger partial charge in [0, 0.05) is 5.02 Å². The molecule has 1 aliphatic heterocycles. The summed E-state index contributed by atoms with van der Waals surface area (Å²) in [6.45, 7) is 1.95. The topological polar surface area (TPSA) is 74.7 Å². The Balaban J connectivity index is 2.21. The molecule has 142 valence electrons. The zero-order valence-electron chi connectivity index (χ0n) is 15.0. The molecule has 2 aromatic carbocycles. The molecule has 0 saturated carbocycles. The second-order valence-corrected chi connectivity index (χ2v) is 9.00. The monoisotopic (exact) mass is 405 g/mol. The molecule has 0 aliphatic carbocycles. The van der Waals surface area contributed by atoms with Crippen LogP contribution in [0.25, 0.3) is 0 Å². The SMILES string of the molecule is Cc1ccc([C@@H]2CC=C(C(=O)O)[C@H](c3cccc(Cl)c3)N2S(C)(=O)=O)cc1. The smallest absolute Gasteiger partial charge is 0.333 e. The number of carboxylic acids is 1. The number of hydrogen-bond acceptors (Lipinski definition) is 3. The third-order valence-corrected chi connectivity index (χ3v) is 6.14. The number of sulfonamides is 1. The van der Waals surface area contributed by atoms with E-state index >= 15 is 0 Å². The summed E-state index contributed by atoms with van der Waals surface area (Å²) in [5.41, 5.74) is 2.44. The summed E-state index contributed by atoms with van der Waals surface area (Å²) in [4.78, 5) is 11.9. The Morgan fingerprint density at radius 2 is 1.81 bits per heavy atom. The molecule has 7 heteroatoms. The van der Waals surface area contributed by atoms with Crippen LogP contribution in [0.3, 0.4) is 0 Å². The Bertz CT molecular complexity index is 999. The molecule has 1 N–H and O–H groups in total.